The third-order valence-corrected chi connectivity index (χ3v) is 4.31. The van der Waals surface area contributed by atoms with Crippen molar-refractivity contribution in [2.24, 2.45) is 0 Å². The van der Waals surface area contributed by atoms with Gasteiger partial charge in [-0.2, -0.15) is 8.75 Å². The Bertz CT molecular complexity index is 959. The zero-order valence-electron chi connectivity index (χ0n) is 14.3. The van der Waals surface area contributed by atoms with Crippen LogP contribution in [0.2, 0.25) is 0 Å². The first kappa shape index (κ1) is 18.5. The van der Waals surface area contributed by atoms with Crippen LogP contribution in [0.25, 0.3) is 11.4 Å². The molecule has 0 bridgehead atoms. The summed E-state index contributed by atoms with van der Waals surface area (Å²) in [6, 6.07) is 9.76. The summed E-state index contributed by atoms with van der Waals surface area (Å²) in [6.45, 7) is 1.18. The molecule has 136 valence electrons. The molecule has 3 aromatic rings. The predicted molar refractivity (Wildman–Crippen MR) is 98.0 cm³/mol. The Hall–Kier alpha value is -3.33. The summed E-state index contributed by atoms with van der Waals surface area (Å²) < 4.78 is 8.12. The molecule has 0 spiro atoms. The van der Waals surface area contributed by atoms with Gasteiger partial charge in [-0.3, -0.25) is 14.4 Å². The van der Waals surface area contributed by atoms with Crippen LogP contribution in [0.1, 0.15) is 23.0 Å². The number of ketones is 2. The number of carbonyl (C=O) groups excluding carboxylic acids is 3. The summed E-state index contributed by atoms with van der Waals surface area (Å²) in [4.78, 5) is 44.5. The van der Waals surface area contributed by atoms with Gasteiger partial charge in [0.2, 0.25) is 5.78 Å². The van der Waals surface area contributed by atoms with Crippen LogP contribution >= 0.6 is 11.7 Å². The van der Waals surface area contributed by atoms with Gasteiger partial charge in [-0.15, -0.1) is 0 Å². The van der Waals surface area contributed by atoms with E-state index in [-0.39, 0.29) is 12.1 Å². The number of hydrogen-bond acceptors (Lipinski definition) is 8. The minimum absolute atomic E-state index is 0.0492. The van der Waals surface area contributed by atoms with Crippen molar-refractivity contribution in [3.05, 3.63) is 60.2 Å². The van der Waals surface area contributed by atoms with Crippen molar-refractivity contribution in [3.8, 4) is 11.4 Å². The molecule has 0 saturated carbocycles. The highest BCUT2D eigenvalue weighted by molar-refractivity contribution is 6.99. The molecule has 0 aliphatic heterocycles. The number of nitrogens with zero attached hydrogens (tertiary/aromatic N) is 4. The molecular weight excluding hydrogens is 366 g/mol. The Morgan fingerprint density at radius 2 is 1.89 bits per heavy atom. The quantitative estimate of drug-likeness (QED) is 0.617. The number of amides is 1. The van der Waals surface area contributed by atoms with Crippen molar-refractivity contribution in [1.82, 2.24) is 24.0 Å². The van der Waals surface area contributed by atoms with Crippen molar-refractivity contribution in [2.75, 3.05) is 0 Å². The van der Waals surface area contributed by atoms with Crippen molar-refractivity contribution >= 4 is 29.2 Å². The zero-order valence-corrected chi connectivity index (χ0v) is 15.1. The third kappa shape index (κ3) is 4.45. The van der Waals surface area contributed by atoms with Gasteiger partial charge in [0.1, 0.15) is 12.0 Å². The molecule has 27 heavy (non-hydrogen) atoms. The van der Waals surface area contributed by atoms with Gasteiger partial charge in [0, 0.05) is 19.5 Å². The Kier molecular flexibility index (Phi) is 5.72. The molecule has 1 aromatic carbocycles. The second-order valence-corrected chi connectivity index (χ2v) is 6.22. The minimum Gasteiger partial charge on any atom is -0.340 e. The van der Waals surface area contributed by atoms with Crippen LogP contribution in [0.5, 0.6) is 0 Å². The van der Waals surface area contributed by atoms with Crippen LogP contribution in [-0.4, -0.2) is 42.2 Å². The van der Waals surface area contributed by atoms with E-state index >= 15 is 0 Å². The molecule has 0 aliphatic rings. The molecule has 0 saturated heterocycles. The van der Waals surface area contributed by atoms with Crippen LogP contribution in [0.3, 0.4) is 0 Å². The molecule has 1 amide bonds. The highest BCUT2D eigenvalue weighted by atomic mass is 32.1. The Balaban J connectivity index is 1.84. The highest BCUT2D eigenvalue weighted by Crippen LogP contribution is 2.19. The molecule has 2 aromatic heterocycles. The van der Waals surface area contributed by atoms with Crippen LogP contribution in [0.15, 0.2) is 48.9 Å². The van der Waals surface area contributed by atoms with E-state index in [1.54, 1.807) is 6.07 Å². The van der Waals surface area contributed by atoms with E-state index in [9.17, 15) is 14.4 Å². The Morgan fingerprint density at radius 1 is 1.11 bits per heavy atom. The smallest absolute Gasteiger partial charge is 0.274 e. The van der Waals surface area contributed by atoms with E-state index in [1.165, 1.54) is 19.4 Å². The van der Waals surface area contributed by atoms with E-state index < -0.39 is 23.5 Å². The second kappa shape index (κ2) is 8.37. The molecule has 1 atom stereocenters. The number of Topliss-reactive ketones (excluding diaryl/α,β-unsaturated/α-hetero) is 2. The normalized spacial score (nSPS) is 11.6. The van der Waals surface area contributed by atoms with E-state index in [0.29, 0.717) is 11.4 Å². The Labute approximate surface area is 159 Å². The molecule has 0 radical (unpaired) electrons. The molecule has 8 nitrogen and oxygen atoms in total. The van der Waals surface area contributed by atoms with Gasteiger partial charge in [0.25, 0.3) is 5.91 Å². The van der Waals surface area contributed by atoms with Gasteiger partial charge in [-0.1, -0.05) is 30.3 Å². The van der Waals surface area contributed by atoms with Crippen molar-refractivity contribution < 1.29 is 14.4 Å². The summed E-state index contributed by atoms with van der Waals surface area (Å²) in [6.07, 6.45) is 3.07. The first-order valence-electron chi connectivity index (χ1n) is 8.04. The van der Waals surface area contributed by atoms with Gasteiger partial charge in [-0.25, -0.2) is 9.97 Å². The lowest BCUT2D eigenvalue weighted by Crippen LogP contribution is -2.45. The summed E-state index contributed by atoms with van der Waals surface area (Å²) in [5.74, 6) is -1.88. The Morgan fingerprint density at radius 3 is 2.56 bits per heavy atom. The number of carbonyl (C=O) groups is 3. The maximum atomic E-state index is 12.7. The van der Waals surface area contributed by atoms with E-state index in [4.69, 9.17) is 0 Å². The lowest BCUT2D eigenvalue weighted by Gasteiger charge is -2.16. The fourth-order valence-electron chi connectivity index (χ4n) is 2.47. The van der Waals surface area contributed by atoms with Crippen LogP contribution in [0.4, 0.5) is 0 Å². The van der Waals surface area contributed by atoms with E-state index in [1.807, 2.05) is 30.3 Å². The van der Waals surface area contributed by atoms with E-state index in [2.05, 4.69) is 24.0 Å². The fourth-order valence-corrected chi connectivity index (χ4v) is 3.02. The SMILES string of the molecule is CC(=O)C(=O)C(Cc1ccccc1)NC(=O)c1nsnc1-c1ccncn1. The number of aromatic nitrogens is 4. The van der Waals surface area contributed by atoms with Crippen molar-refractivity contribution in [1.29, 1.82) is 0 Å². The minimum atomic E-state index is -0.989. The van der Waals surface area contributed by atoms with Gasteiger partial charge in [-0.05, 0) is 11.6 Å². The number of benzene rings is 1. The predicted octanol–water partition coefficient (Wildman–Crippen LogP) is 1.49. The number of nitrogens with one attached hydrogen (secondary N) is 1. The fraction of sp³-hybridized carbons (Fsp3) is 0.167. The highest BCUT2D eigenvalue weighted by Gasteiger charge is 2.27. The standard InChI is InChI=1S/C18H15N5O3S/c1-11(24)17(25)14(9-12-5-3-2-4-6-12)21-18(26)16-15(22-27-23-16)13-7-8-19-10-20-13/h2-8,10,14H,9H2,1H3,(H,21,26). The van der Waals surface area contributed by atoms with Crippen LogP contribution < -0.4 is 5.32 Å². The average Bonchev–Trinajstić information content (AvgIpc) is 3.18. The maximum Gasteiger partial charge on any atom is 0.274 e. The summed E-state index contributed by atoms with van der Waals surface area (Å²) in [5, 5.41) is 2.61. The average molecular weight is 381 g/mol. The molecule has 0 aliphatic carbocycles. The van der Waals surface area contributed by atoms with Gasteiger partial charge < -0.3 is 5.32 Å². The monoisotopic (exact) mass is 381 g/mol. The molecule has 1 N–H and O–H groups in total. The maximum absolute atomic E-state index is 12.7. The summed E-state index contributed by atoms with van der Waals surface area (Å²) >= 11 is 0.862. The van der Waals surface area contributed by atoms with E-state index in [0.717, 1.165) is 17.3 Å². The molecule has 0 fully saturated rings. The van der Waals surface area contributed by atoms with Crippen LogP contribution in [-0.2, 0) is 16.0 Å². The van der Waals surface area contributed by atoms with Gasteiger partial charge in [0.05, 0.1) is 23.5 Å². The largest absolute Gasteiger partial charge is 0.340 e. The molecule has 1 unspecified atom stereocenters. The molecule has 9 heteroatoms. The number of hydrogen-bond donors (Lipinski definition) is 1. The topological polar surface area (TPSA) is 115 Å². The number of rotatable bonds is 7. The van der Waals surface area contributed by atoms with Gasteiger partial charge >= 0.3 is 0 Å². The van der Waals surface area contributed by atoms with Crippen LogP contribution in [0, 0.1) is 0 Å². The molecule has 3 rings (SSSR count). The third-order valence-electron chi connectivity index (χ3n) is 3.78. The zero-order chi connectivity index (χ0) is 19.2. The lowest BCUT2D eigenvalue weighted by atomic mass is 10.00. The second-order valence-electron chi connectivity index (χ2n) is 5.69. The van der Waals surface area contributed by atoms with Crippen molar-refractivity contribution in [3.63, 3.8) is 0 Å². The molecular formula is C18H15N5O3S. The van der Waals surface area contributed by atoms with Crippen molar-refractivity contribution in [2.45, 2.75) is 19.4 Å². The first-order chi connectivity index (χ1) is 13.1. The lowest BCUT2D eigenvalue weighted by molar-refractivity contribution is -0.136. The summed E-state index contributed by atoms with van der Waals surface area (Å²) in [5.41, 5.74) is 1.62. The summed E-state index contributed by atoms with van der Waals surface area (Å²) in [7, 11) is 0. The van der Waals surface area contributed by atoms with Gasteiger partial charge in [0.15, 0.2) is 11.5 Å². The molecule has 2 heterocycles. The first-order valence-corrected chi connectivity index (χ1v) is 8.78.